The van der Waals surface area contributed by atoms with Gasteiger partial charge in [-0.1, -0.05) is 23.2 Å². The van der Waals surface area contributed by atoms with Crippen molar-refractivity contribution < 1.29 is 9.53 Å². The zero-order chi connectivity index (χ0) is 15.4. The number of nitrogens with one attached hydrogen (secondary N) is 1. The standard InChI is InChI=1S/C15H12BrCl2NO2/c1-21-15-5-2-9(6-11(15)16)14(20)8-19-10-3-4-12(17)13(18)7-10/h2-7,19H,8H2,1H3. The minimum atomic E-state index is -0.0376. The van der Waals surface area contributed by atoms with Crippen molar-refractivity contribution in [3.8, 4) is 5.75 Å². The lowest BCUT2D eigenvalue weighted by Crippen LogP contribution is -2.14. The molecule has 0 aromatic heterocycles. The molecule has 2 aromatic carbocycles. The molecule has 0 bridgehead atoms. The molecular weight excluding hydrogens is 377 g/mol. The fourth-order valence-corrected chi connectivity index (χ4v) is 2.57. The summed E-state index contributed by atoms with van der Waals surface area (Å²) in [6.07, 6.45) is 0. The maximum atomic E-state index is 12.1. The lowest BCUT2D eigenvalue weighted by Gasteiger charge is -2.08. The van der Waals surface area contributed by atoms with E-state index < -0.39 is 0 Å². The van der Waals surface area contributed by atoms with Crippen LogP contribution in [0.15, 0.2) is 40.9 Å². The van der Waals surface area contributed by atoms with Gasteiger partial charge in [0.25, 0.3) is 0 Å². The van der Waals surface area contributed by atoms with Gasteiger partial charge in [-0.3, -0.25) is 4.79 Å². The smallest absolute Gasteiger partial charge is 0.181 e. The van der Waals surface area contributed by atoms with Gasteiger partial charge in [0, 0.05) is 11.3 Å². The number of halogens is 3. The minimum Gasteiger partial charge on any atom is -0.496 e. The zero-order valence-corrected chi connectivity index (χ0v) is 14.2. The number of carbonyl (C=O) groups is 1. The Kier molecular flexibility index (Phi) is 5.51. The van der Waals surface area contributed by atoms with Crippen molar-refractivity contribution in [1.82, 2.24) is 0 Å². The molecule has 0 aliphatic rings. The van der Waals surface area contributed by atoms with Crippen LogP contribution in [0.2, 0.25) is 10.0 Å². The Labute approximate surface area is 141 Å². The van der Waals surface area contributed by atoms with Gasteiger partial charge in [-0.25, -0.2) is 0 Å². The lowest BCUT2D eigenvalue weighted by atomic mass is 10.1. The van der Waals surface area contributed by atoms with Crippen LogP contribution in [0.1, 0.15) is 10.4 Å². The summed E-state index contributed by atoms with van der Waals surface area (Å²) in [6, 6.07) is 10.3. The fourth-order valence-electron chi connectivity index (χ4n) is 1.73. The van der Waals surface area contributed by atoms with Crippen molar-refractivity contribution in [2.24, 2.45) is 0 Å². The quantitative estimate of drug-likeness (QED) is 0.727. The highest BCUT2D eigenvalue weighted by Gasteiger charge is 2.09. The number of Topliss-reactive ketones (excluding diaryl/α,β-unsaturated/α-hetero) is 1. The average Bonchev–Trinajstić information content (AvgIpc) is 2.48. The second-order valence-corrected chi connectivity index (χ2v) is 5.92. The van der Waals surface area contributed by atoms with Gasteiger partial charge in [0.15, 0.2) is 5.78 Å². The molecule has 0 amide bonds. The van der Waals surface area contributed by atoms with Gasteiger partial charge in [0.05, 0.1) is 28.2 Å². The van der Waals surface area contributed by atoms with Gasteiger partial charge in [-0.05, 0) is 52.3 Å². The number of benzene rings is 2. The molecule has 6 heteroatoms. The first-order valence-corrected chi connectivity index (χ1v) is 7.62. The second-order valence-electron chi connectivity index (χ2n) is 4.25. The third kappa shape index (κ3) is 4.13. The molecule has 2 aromatic rings. The Bertz CT molecular complexity index is 677. The van der Waals surface area contributed by atoms with Crippen molar-refractivity contribution in [2.45, 2.75) is 0 Å². The molecule has 0 aliphatic carbocycles. The highest BCUT2D eigenvalue weighted by Crippen LogP contribution is 2.26. The topological polar surface area (TPSA) is 38.3 Å². The summed E-state index contributed by atoms with van der Waals surface area (Å²) in [6.45, 7) is 0.163. The maximum Gasteiger partial charge on any atom is 0.181 e. The van der Waals surface area contributed by atoms with Crippen molar-refractivity contribution in [3.05, 3.63) is 56.5 Å². The third-order valence-electron chi connectivity index (χ3n) is 2.85. The van der Waals surface area contributed by atoms with Crippen LogP contribution in [-0.4, -0.2) is 19.4 Å². The number of rotatable bonds is 5. The predicted molar refractivity (Wildman–Crippen MR) is 90.0 cm³/mol. The third-order valence-corrected chi connectivity index (χ3v) is 4.21. The second kappa shape index (κ2) is 7.16. The van der Waals surface area contributed by atoms with Crippen LogP contribution in [0, 0.1) is 0 Å². The molecule has 0 spiro atoms. The van der Waals surface area contributed by atoms with E-state index in [1.807, 2.05) is 0 Å². The zero-order valence-electron chi connectivity index (χ0n) is 11.1. The summed E-state index contributed by atoms with van der Waals surface area (Å²) < 4.78 is 5.87. The summed E-state index contributed by atoms with van der Waals surface area (Å²) in [5.74, 6) is 0.647. The number of carbonyl (C=O) groups excluding carboxylic acids is 1. The normalized spacial score (nSPS) is 10.3. The van der Waals surface area contributed by atoms with E-state index >= 15 is 0 Å². The van der Waals surface area contributed by atoms with Gasteiger partial charge in [-0.2, -0.15) is 0 Å². The van der Waals surface area contributed by atoms with E-state index in [1.165, 1.54) is 0 Å². The lowest BCUT2D eigenvalue weighted by molar-refractivity contribution is 0.101. The molecule has 2 rings (SSSR count). The van der Waals surface area contributed by atoms with E-state index in [0.717, 1.165) is 10.2 Å². The molecule has 0 saturated carbocycles. The van der Waals surface area contributed by atoms with E-state index in [9.17, 15) is 4.79 Å². The van der Waals surface area contributed by atoms with Crippen molar-refractivity contribution in [2.75, 3.05) is 19.0 Å². The Morgan fingerprint density at radius 2 is 1.95 bits per heavy atom. The Morgan fingerprint density at radius 3 is 2.57 bits per heavy atom. The number of anilines is 1. The Hall–Kier alpha value is -1.23. The molecule has 0 unspecified atom stereocenters. The maximum absolute atomic E-state index is 12.1. The van der Waals surface area contributed by atoms with Gasteiger partial charge in [-0.15, -0.1) is 0 Å². The molecule has 0 aliphatic heterocycles. The van der Waals surface area contributed by atoms with Crippen LogP contribution in [0.5, 0.6) is 5.75 Å². The van der Waals surface area contributed by atoms with Crippen molar-refractivity contribution in [3.63, 3.8) is 0 Å². The summed E-state index contributed by atoms with van der Waals surface area (Å²) in [5.41, 5.74) is 1.33. The first kappa shape index (κ1) is 16.1. The number of hydrogen-bond acceptors (Lipinski definition) is 3. The van der Waals surface area contributed by atoms with E-state index in [4.69, 9.17) is 27.9 Å². The van der Waals surface area contributed by atoms with Gasteiger partial charge in [0.1, 0.15) is 5.75 Å². The number of ether oxygens (including phenoxy) is 1. The Balaban J connectivity index is 2.04. The summed E-state index contributed by atoms with van der Waals surface area (Å²) in [4.78, 5) is 12.1. The highest BCUT2D eigenvalue weighted by atomic mass is 79.9. The molecular formula is C15H12BrCl2NO2. The molecule has 0 saturated heterocycles. The van der Waals surface area contributed by atoms with Crippen LogP contribution in [0.4, 0.5) is 5.69 Å². The van der Waals surface area contributed by atoms with Gasteiger partial charge >= 0.3 is 0 Å². The first-order valence-electron chi connectivity index (χ1n) is 6.07. The summed E-state index contributed by atoms with van der Waals surface area (Å²) in [5, 5.41) is 3.94. The molecule has 21 heavy (non-hydrogen) atoms. The molecule has 110 valence electrons. The van der Waals surface area contributed by atoms with Crippen LogP contribution in [0.25, 0.3) is 0 Å². The van der Waals surface area contributed by atoms with Crippen LogP contribution in [0.3, 0.4) is 0 Å². The van der Waals surface area contributed by atoms with Crippen LogP contribution < -0.4 is 10.1 Å². The van der Waals surface area contributed by atoms with Gasteiger partial charge < -0.3 is 10.1 Å². The van der Waals surface area contributed by atoms with E-state index in [-0.39, 0.29) is 12.3 Å². The number of methoxy groups -OCH3 is 1. The molecule has 0 fully saturated rings. The predicted octanol–water partition coefficient (Wildman–Crippen LogP) is 5.06. The number of hydrogen-bond donors (Lipinski definition) is 1. The molecule has 0 heterocycles. The monoisotopic (exact) mass is 387 g/mol. The Morgan fingerprint density at radius 1 is 1.19 bits per heavy atom. The van der Waals surface area contributed by atoms with Crippen LogP contribution in [-0.2, 0) is 0 Å². The largest absolute Gasteiger partial charge is 0.496 e. The summed E-state index contributed by atoms with van der Waals surface area (Å²) in [7, 11) is 1.58. The molecule has 3 nitrogen and oxygen atoms in total. The molecule has 0 radical (unpaired) electrons. The fraction of sp³-hybridized carbons (Fsp3) is 0.133. The average molecular weight is 389 g/mol. The SMILES string of the molecule is COc1ccc(C(=O)CNc2ccc(Cl)c(Cl)c2)cc1Br. The summed E-state index contributed by atoms with van der Waals surface area (Å²) >= 11 is 15.1. The minimum absolute atomic E-state index is 0.0376. The molecule has 1 N–H and O–H groups in total. The van der Waals surface area contributed by atoms with Crippen LogP contribution >= 0.6 is 39.1 Å². The van der Waals surface area contributed by atoms with E-state index in [1.54, 1.807) is 43.5 Å². The van der Waals surface area contributed by atoms with Crippen molar-refractivity contribution in [1.29, 1.82) is 0 Å². The number of ketones is 1. The molecule has 0 atom stereocenters. The van der Waals surface area contributed by atoms with E-state index in [2.05, 4.69) is 21.2 Å². The van der Waals surface area contributed by atoms with E-state index in [0.29, 0.717) is 21.4 Å². The first-order chi connectivity index (χ1) is 10.0. The van der Waals surface area contributed by atoms with Gasteiger partial charge in [0.2, 0.25) is 0 Å². The van der Waals surface area contributed by atoms with Crippen molar-refractivity contribution >= 4 is 50.6 Å². The highest BCUT2D eigenvalue weighted by molar-refractivity contribution is 9.10.